The molecule has 0 aromatic heterocycles. The van der Waals surface area contributed by atoms with Gasteiger partial charge in [0, 0.05) is 13.2 Å². The summed E-state index contributed by atoms with van der Waals surface area (Å²) >= 11 is 0. The van der Waals surface area contributed by atoms with Crippen molar-refractivity contribution in [3.63, 3.8) is 0 Å². The molecular formula is C11H24N2O. The first kappa shape index (κ1) is 12.0. The fraction of sp³-hybridized carbons (Fsp3) is 1.00. The van der Waals surface area contributed by atoms with Crippen molar-refractivity contribution >= 4 is 0 Å². The maximum absolute atomic E-state index is 5.56. The van der Waals surface area contributed by atoms with E-state index in [4.69, 9.17) is 10.6 Å². The van der Waals surface area contributed by atoms with E-state index in [9.17, 15) is 0 Å². The number of hydrazine groups is 1. The second-order valence-corrected chi connectivity index (χ2v) is 4.36. The molecule has 1 fully saturated rings. The summed E-state index contributed by atoms with van der Waals surface area (Å²) in [6.45, 7) is 2.18. The summed E-state index contributed by atoms with van der Waals surface area (Å²) in [5, 5.41) is 0. The van der Waals surface area contributed by atoms with E-state index < -0.39 is 0 Å². The van der Waals surface area contributed by atoms with E-state index >= 15 is 0 Å². The molecule has 0 radical (unpaired) electrons. The first-order valence-corrected chi connectivity index (χ1v) is 5.80. The number of rotatable bonds is 8. The number of hydrogen-bond donors (Lipinski definition) is 2. The standard InChI is InChI=1S/C11H24N2O/c1-3-4-11(14-2)10(13-12)8-7-9-5-6-9/h9-11,13H,3-8,12H2,1-2H3. The van der Waals surface area contributed by atoms with Crippen LogP contribution in [-0.4, -0.2) is 19.3 Å². The summed E-state index contributed by atoms with van der Waals surface area (Å²) in [4.78, 5) is 0. The van der Waals surface area contributed by atoms with Crippen LogP contribution in [0.1, 0.15) is 45.4 Å². The maximum atomic E-state index is 5.56. The summed E-state index contributed by atoms with van der Waals surface area (Å²) in [5.74, 6) is 6.53. The average molecular weight is 200 g/mol. The molecule has 1 aliphatic rings. The van der Waals surface area contributed by atoms with Gasteiger partial charge in [0.2, 0.25) is 0 Å². The van der Waals surface area contributed by atoms with Gasteiger partial charge in [-0.3, -0.25) is 11.3 Å². The maximum Gasteiger partial charge on any atom is 0.0737 e. The lowest BCUT2D eigenvalue weighted by molar-refractivity contribution is 0.0570. The third-order valence-electron chi connectivity index (χ3n) is 3.12. The van der Waals surface area contributed by atoms with Crippen LogP contribution in [0, 0.1) is 5.92 Å². The number of ether oxygens (including phenoxy) is 1. The molecule has 2 unspecified atom stereocenters. The third kappa shape index (κ3) is 3.95. The molecule has 1 aliphatic carbocycles. The molecule has 1 rings (SSSR count). The molecule has 1 saturated carbocycles. The molecule has 0 amide bonds. The molecule has 3 nitrogen and oxygen atoms in total. The Bertz CT molecular complexity index is 148. The van der Waals surface area contributed by atoms with Crippen molar-refractivity contribution in [3.05, 3.63) is 0 Å². The van der Waals surface area contributed by atoms with Crippen molar-refractivity contribution in [2.75, 3.05) is 7.11 Å². The highest BCUT2D eigenvalue weighted by atomic mass is 16.5. The van der Waals surface area contributed by atoms with Crippen molar-refractivity contribution in [1.82, 2.24) is 5.43 Å². The van der Waals surface area contributed by atoms with Crippen LogP contribution in [-0.2, 0) is 4.74 Å². The van der Waals surface area contributed by atoms with Crippen LogP contribution >= 0.6 is 0 Å². The van der Waals surface area contributed by atoms with Gasteiger partial charge in [-0.2, -0.15) is 0 Å². The molecule has 3 heteroatoms. The van der Waals surface area contributed by atoms with E-state index in [0.29, 0.717) is 6.04 Å². The van der Waals surface area contributed by atoms with Gasteiger partial charge in [0.05, 0.1) is 6.10 Å². The zero-order valence-electron chi connectivity index (χ0n) is 9.46. The first-order valence-electron chi connectivity index (χ1n) is 5.80. The lowest BCUT2D eigenvalue weighted by Gasteiger charge is -2.25. The van der Waals surface area contributed by atoms with Gasteiger partial charge in [0.25, 0.3) is 0 Å². The lowest BCUT2D eigenvalue weighted by Crippen LogP contribution is -2.44. The van der Waals surface area contributed by atoms with Crippen molar-refractivity contribution < 1.29 is 4.74 Å². The second kappa shape index (κ2) is 6.38. The van der Waals surface area contributed by atoms with Gasteiger partial charge in [-0.05, 0) is 25.2 Å². The fourth-order valence-corrected chi connectivity index (χ4v) is 1.97. The van der Waals surface area contributed by atoms with Crippen molar-refractivity contribution in [2.24, 2.45) is 11.8 Å². The predicted octanol–water partition coefficient (Wildman–Crippen LogP) is 1.82. The Hall–Kier alpha value is -0.120. The Morgan fingerprint density at radius 1 is 1.43 bits per heavy atom. The Labute approximate surface area is 87.4 Å². The van der Waals surface area contributed by atoms with Crippen LogP contribution < -0.4 is 11.3 Å². The van der Waals surface area contributed by atoms with Crippen LogP contribution in [0.25, 0.3) is 0 Å². The molecule has 0 spiro atoms. The van der Waals surface area contributed by atoms with E-state index in [1.54, 1.807) is 7.11 Å². The molecule has 2 atom stereocenters. The normalized spacial score (nSPS) is 20.8. The van der Waals surface area contributed by atoms with Crippen LogP contribution in [0.5, 0.6) is 0 Å². The minimum absolute atomic E-state index is 0.281. The molecular weight excluding hydrogens is 176 g/mol. The molecule has 3 N–H and O–H groups in total. The Kier molecular flexibility index (Phi) is 5.45. The lowest BCUT2D eigenvalue weighted by atomic mass is 10.0. The molecule has 0 heterocycles. The summed E-state index contributed by atoms with van der Waals surface area (Å²) in [6.07, 6.45) is 7.82. The minimum Gasteiger partial charge on any atom is -0.380 e. The van der Waals surface area contributed by atoms with Gasteiger partial charge < -0.3 is 4.74 Å². The summed E-state index contributed by atoms with van der Waals surface area (Å²) in [7, 11) is 1.78. The zero-order chi connectivity index (χ0) is 10.4. The van der Waals surface area contributed by atoms with Crippen LogP contribution in [0.3, 0.4) is 0 Å². The average Bonchev–Trinajstić information content (AvgIpc) is 3.00. The zero-order valence-corrected chi connectivity index (χ0v) is 9.46. The summed E-state index contributed by atoms with van der Waals surface area (Å²) in [5.41, 5.74) is 2.90. The molecule has 0 aromatic rings. The number of methoxy groups -OCH3 is 1. The van der Waals surface area contributed by atoms with Gasteiger partial charge in [-0.15, -0.1) is 0 Å². The number of nitrogens with one attached hydrogen (secondary N) is 1. The molecule has 84 valence electrons. The largest absolute Gasteiger partial charge is 0.380 e. The van der Waals surface area contributed by atoms with E-state index in [0.717, 1.165) is 25.2 Å². The van der Waals surface area contributed by atoms with E-state index in [-0.39, 0.29) is 6.10 Å². The molecule has 0 saturated heterocycles. The van der Waals surface area contributed by atoms with Gasteiger partial charge in [-0.25, -0.2) is 0 Å². The van der Waals surface area contributed by atoms with Crippen molar-refractivity contribution in [1.29, 1.82) is 0 Å². The first-order chi connectivity index (χ1) is 6.81. The smallest absolute Gasteiger partial charge is 0.0737 e. The Morgan fingerprint density at radius 2 is 2.14 bits per heavy atom. The predicted molar refractivity (Wildman–Crippen MR) is 58.8 cm³/mol. The Balaban J connectivity index is 2.24. The van der Waals surface area contributed by atoms with Crippen LogP contribution in [0.2, 0.25) is 0 Å². The summed E-state index contributed by atoms with van der Waals surface area (Å²) in [6, 6.07) is 0.334. The SMILES string of the molecule is CCCC(OC)C(CCC1CC1)NN. The second-order valence-electron chi connectivity index (χ2n) is 4.36. The van der Waals surface area contributed by atoms with Gasteiger partial charge in [0.1, 0.15) is 0 Å². The van der Waals surface area contributed by atoms with Gasteiger partial charge >= 0.3 is 0 Å². The molecule has 14 heavy (non-hydrogen) atoms. The van der Waals surface area contributed by atoms with Gasteiger partial charge in [-0.1, -0.05) is 26.2 Å². The third-order valence-corrected chi connectivity index (χ3v) is 3.12. The number of hydrogen-bond acceptors (Lipinski definition) is 3. The molecule has 0 aromatic carbocycles. The van der Waals surface area contributed by atoms with Gasteiger partial charge in [0.15, 0.2) is 0 Å². The van der Waals surface area contributed by atoms with Crippen molar-refractivity contribution in [3.8, 4) is 0 Å². The van der Waals surface area contributed by atoms with Crippen molar-refractivity contribution in [2.45, 2.75) is 57.6 Å². The fourth-order valence-electron chi connectivity index (χ4n) is 1.97. The quantitative estimate of drug-likeness (QED) is 0.464. The summed E-state index contributed by atoms with van der Waals surface area (Å²) < 4.78 is 5.45. The monoisotopic (exact) mass is 200 g/mol. The highest BCUT2D eigenvalue weighted by molar-refractivity contribution is 4.80. The highest BCUT2D eigenvalue weighted by Crippen LogP contribution is 2.34. The molecule has 0 aliphatic heterocycles. The topological polar surface area (TPSA) is 47.3 Å². The van der Waals surface area contributed by atoms with E-state index in [1.165, 1.54) is 19.3 Å². The van der Waals surface area contributed by atoms with Crippen LogP contribution in [0.15, 0.2) is 0 Å². The number of nitrogens with two attached hydrogens (primary N) is 1. The molecule has 0 bridgehead atoms. The minimum atomic E-state index is 0.281. The van der Waals surface area contributed by atoms with E-state index in [2.05, 4.69) is 12.3 Å². The Morgan fingerprint density at radius 3 is 2.57 bits per heavy atom. The van der Waals surface area contributed by atoms with Crippen LogP contribution in [0.4, 0.5) is 0 Å². The van der Waals surface area contributed by atoms with E-state index in [1.807, 2.05) is 0 Å². The highest BCUT2D eigenvalue weighted by Gasteiger charge is 2.25.